The van der Waals surface area contributed by atoms with E-state index < -0.39 is 0 Å². The van der Waals surface area contributed by atoms with Gasteiger partial charge in [-0.05, 0) is 23.8 Å². The number of phenols is 1. The SMILES string of the molecule is CNc1ccc(O)cc1C(=O)Cc1ccccc1. The maximum absolute atomic E-state index is 12.2. The van der Waals surface area contributed by atoms with Gasteiger partial charge in [0.2, 0.25) is 0 Å². The molecule has 0 heterocycles. The topological polar surface area (TPSA) is 49.3 Å². The van der Waals surface area contributed by atoms with E-state index in [1.165, 1.54) is 6.07 Å². The molecule has 0 bridgehead atoms. The smallest absolute Gasteiger partial charge is 0.169 e. The summed E-state index contributed by atoms with van der Waals surface area (Å²) in [7, 11) is 1.76. The van der Waals surface area contributed by atoms with E-state index >= 15 is 0 Å². The maximum Gasteiger partial charge on any atom is 0.169 e. The van der Waals surface area contributed by atoms with Crippen molar-refractivity contribution in [2.45, 2.75) is 6.42 Å². The first-order valence-corrected chi connectivity index (χ1v) is 5.78. The number of benzene rings is 2. The molecule has 18 heavy (non-hydrogen) atoms. The number of ketones is 1. The normalized spacial score (nSPS) is 10.1. The molecule has 0 amide bonds. The van der Waals surface area contributed by atoms with Gasteiger partial charge in [-0.2, -0.15) is 0 Å². The monoisotopic (exact) mass is 241 g/mol. The zero-order valence-electron chi connectivity index (χ0n) is 10.2. The summed E-state index contributed by atoms with van der Waals surface area (Å²) in [5, 5.41) is 12.4. The molecule has 92 valence electrons. The van der Waals surface area contributed by atoms with E-state index in [9.17, 15) is 9.90 Å². The summed E-state index contributed by atoms with van der Waals surface area (Å²) >= 11 is 0. The van der Waals surface area contributed by atoms with Crippen LogP contribution in [0, 0.1) is 0 Å². The van der Waals surface area contributed by atoms with Crippen LogP contribution in [0.2, 0.25) is 0 Å². The van der Waals surface area contributed by atoms with Gasteiger partial charge in [-0.25, -0.2) is 0 Å². The zero-order valence-corrected chi connectivity index (χ0v) is 10.2. The van der Waals surface area contributed by atoms with Gasteiger partial charge in [0.05, 0.1) is 0 Å². The van der Waals surface area contributed by atoms with Crippen LogP contribution in [0.25, 0.3) is 0 Å². The van der Waals surface area contributed by atoms with E-state index in [-0.39, 0.29) is 11.5 Å². The quantitative estimate of drug-likeness (QED) is 0.639. The largest absolute Gasteiger partial charge is 0.508 e. The lowest BCUT2D eigenvalue weighted by molar-refractivity contribution is 0.0993. The second kappa shape index (κ2) is 5.36. The fourth-order valence-electron chi connectivity index (χ4n) is 1.86. The van der Waals surface area contributed by atoms with E-state index in [4.69, 9.17) is 0 Å². The van der Waals surface area contributed by atoms with Crippen LogP contribution in [0.1, 0.15) is 15.9 Å². The van der Waals surface area contributed by atoms with Crippen molar-refractivity contribution in [2.24, 2.45) is 0 Å². The molecule has 0 spiro atoms. The van der Waals surface area contributed by atoms with E-state index in [0.29, 0.717) is 12.0 Å². The summed E-state index contributed by atoms with van der Waals surface area (Å²) in [6, 6.07) is 14.3. The minimum Gasteiger partial charge on any atom is -0.508 e. The van der Waals surface area contributed by atoms with E-state index in [1.54, 1.807) is 19.2 Å². The standard InChI is InChI=1S/C15H15NO2/c1-16-14-8-7-12(17)10-13(14)15(18)9-11-5-3-2-4-6-11/h2-8,10,16-17H,9H2,1H3. The molecule has 0 aliphatic rings. The van der Waals surface area contributed by atoms with Crippen molar-refractivity contribution >= 4 is 11.5 Å². The Morgan fingerprint density at radius 3 is 2.56 bits per heavy atom. The predicted octanol–water partition coefficient (Wildman–Crippen LogP) is 2.86. The summed E-state index contributed by atoms with van der Waals surface area (Å²) in [5.41, 5.74) is 2.21. The molecule has 0 aromatic heterocycles. The molecule has 2 rings (SSSR count). The Balaban J connectivity index is 2.26. The molecule has 3 heteroatoms. The van der Waals surface area contributed by atoms with E-state index in [0.717, 1.165) is 11.3 Å². The molecule has 0 atom stereocenters. The highest BCUT2D eigenvalue weighted by Crippen LogP contribution is 2.22. The van der Waals surface area contributed by atoms with Crippen molar-refractivity contribution < 1.29 is 9.90 Å². The first-order valence-electron chi connectivity index (χ1n) is 5.78. The Hall–Kier alpha value is -2.29. The molecule has 2 N–H and O–H groups in total. The molecule has 0 aliphatic carbocycles. The van der Waals surface area contributed by atoms with Crippen molar-refractivity contribution in [1.82, 2.24) is 0 Å². The number of anilines is 1. The first kappa shape index (κ1) is 12.2. The molecular formula is C15H15NO2. The van der Waals surface area contributed by atoms with E-state index in [2.05, 4.69) is 5.32 Å². The summed E-state index contributed by atoms with van der Waals surface area (Å²) in [6.07, 6.45) is 0.332. The number of aromatic hydroxyl groups is 1. The molecule has 0 unspecified atom stereocenters. The van der Waals surface area contributed by atoms with Crippen LogP contribution in [0.5, 0.6) is 5.75 Å². The highest BCUT2D eigenvalue weighted by atomic mass is 16.3. The van der Waals surface area contributed by atoms with Crippen LogP contribution in [-0.2, 0) is 6.42 Å². The predicted molar refractivity (Wildman–Crippen MR) is 72.1 cm³/mol. The summed E-state index contributed by atoms with van der Waals surface area (Å²) in [4.78, 5) is 12.2. The minimum atomic E-state index is -0.0125. The number of Topliss-reactive ketones (excluding diaryl/α,β-unsaturated/α-hetero) is 1. The highest BCUT2D eigenvalue weighted by molar-refractivity contribution is 6.02. The third-order valence-corrected chi connectivity index (χ3v) is 2.78. The highest BCUT2D eigenvalue weighted by Gasteiger charge is 2.12. The number of carbonyl (C=O) groups excluding carboxylic acids is 1. The van der Waals surface area contributed by atoms with Gasteiger partial charge >= 0.3 is 0 Å². The van der Waals surface area contributed by atoms with Crippen LogP contribution in [0.15, 0.2) is 48.5 Å². The van der Waals surface area contributed by atoms with Gasteiger partial charge in [0.25, 0.3) is 0 Å². The fourth-order valence-corrected chi connectivity index (χ4v) is 1.86. The summed E-state index contributed by atoms with van der Waals surface area (Å²) in [6.45, 7) is 0. The second-order valence-electron chi connectivity index (χ2n) is 4.07. The summed E-state index contributed by atoms with van der Waals surface area (Å²) in [5.74, 6) is 0.0897. The Kier molecular flexibility index (Phi) is 3.63. The number of hydrogen-bond acceptors (Lipinski definition) is 3. The average molecular weight is 241 g/mol. The van der Waals surface area contributed by atoms with Crippen LogP contribution in [0.4, 0.5) is 5.69 Å². The van der Waals surface area contributed by atoms with E-state index in [1.807, 2.05) is 30.3 Å². The second-order valence-corrected chi connectivity index (χ2v) is 4.07. The molecule has 0 aliphatic heterocycles. The molecule has 0 saturated carbocycles. The minimum absolute atomic E-state index is 0.0125. The lowest BCUT2D eigenvalue weighted by atomic mass is 10.0. The van der Waals surface area contributed by atoms with Crippen LogP contribution in [-0.4, -0.2) is 17.9 Å². The molecule has 0 radical (unpaired) electrons. The zero-order chi connectivity index (χ0) is 13.0. The lowest BCUT2D eigenvalue weighted by Gasteiger charge is -2.08. The number of hydrogen-bond donors (Lipinski definition) is 2. The van der Waals surface area contributed by atoms with Gasteiger partial charge in [-0.1, -0.05) is 30.3 Å². The third kappa shape index (κ3) is 2.69. The van der Waals surface area contributed by atoms with Crippen molar-refractivity contribution in [3.8, 4) is 5.75 Å². The Morgan fingerprint density at radius 1 is 1.17 bits per heavy atom. The number of nitrogens with one attached hydrogen (secondary N) is 1. The maximum atomic E-state index is 12.2. The van der Waals surface area contributed by atoms with Crippen molar-refractivity contribution in [2.75, 3.05) is 12.4 Å². The Bertz CT molecular complexity index is 550. The Morgan fingerprint density at radius 2 is 1.89 bits per heavy atom. The molecule has 0 saturated heterocycles. The number of rotatable bonds is 4. The van der Waals surface area contributed by atoms with Crippen molar-refractivity contribution in [1.29, 1.82) is 0 Å². The van der Waals surface area contributed by atoms with Crippen molar-refractivity contribution in [3.63, 3.8) is 0 Å². The van der Waals surface area contributed by atoms with Crippen LogP contribution >= 0.6 is 0 Å². The number of phenolic OH excluding ortho intramolecular Hbond substituents is 1. The van der Waals surface area contributed by atoms with Crippen LogP contribution < -0.4 is 5.32 Å². The molecule has 0 fully saturated rings. The molecule has 3 nitrogen and oxygen atoms in total. The van der Waals surface area contributed by atoms with Gasteiger partial charge in [0, 0.05) is 24.7 Å². The average Bonchev–Trinajstić information content (AvgIpc) is 2.40. The van der Waals surface area contributed by atoms with Gasteiger partial charge in [0.15, 0.2) is 5.78 Å². The van der Waals surface area contributed by atoms with Gasteiger partial charge < -0.3 is 10.4 Å². The first-order chi connectivity index (χ1) is 8.70. The molecule has 2 aromatic carbocycles. The lowest BCUT2D eigenvalue weighted by Crippen LogP contribution is -2.07. The van der Waals surface area contributed by atoms with Gasteiger partial charge in [-0.3, -0.25) is 4.79 Å². The molecule has 2 aromatic rings. The number of carbonyl (C=O) groups is 1. The Labute approximate surface area is 106 Å². The van der Waals surface area contributed by atoms with Gasteiger partial charge in [-0.15, -0.1) is 0 Å². The summed E-state index contributed by atoms with van der Waals surface area (Å²) < 4.78 is 0. The van der Waals surface area contributed by atoms with Gasteiger partial charge in [0.1, 0.15) is 5.75 Å². The molecular weight excluding hydrogens is 226 g/mol. The fraction of sp³-hybridized carbons (Fsp3) is 0.133. The van der Waals surface area contributed by atoms with Crippen molar-refractivity contribution in [3.05, 3.63) is 59.7 Å². The van der Waals surface area contributed by atoms with Crippen LogP contribution in [0.3, 0.4) is 0 Å². The third-order valence-electron chi connectivity index (χ3n) is 2.78.